The Kier molecular flexibility index (Phi) is 4.79. The molecule has 2 atom stereocenters. The zero-order valence-electron chi connectivity index (χ0n) is 18.0. The van der Waals surface area contributed by atoms with Gasteiger partial charge in [-0.2, -0.15) is 5.10 Å². The van der Waals surface area contributed by atoms with Gasteiger partial charge in [0.2, 0.25) is 0 Å². The summed E-state index contributed by atoms with van der Waals surface area (Å²) in [4.78, 5) is 8.62. The number of rotatable bonds is 4. The Bertz CT molecular complexity index is 1140. The maximum atomic E-state index is 6.42. The molecule has 5 heterocycles. The molecule has 1 aliphatic carbocycles. The van der Waals surface area contributed by atoms with Gasteiger partial charge in [0.05, 0.1) is 28.5 Å². The van der Waals surface area contributed by atoms with E-state index in [1.807, 2.05) is 17.6 Å². The number of piperidine rings is 1. The Morgan fingerprint density at radius 1 is 1.35 bits per heavy atom. The SMILES string of the molecule is Cc1cn2nc(CN3CC[C@]4(C[C@@H]3C)OCCc3cc(Cl)sc34)cc2c(NC2CC2)n1. The van der Waals surface area contributed by atoms with Crippen molar-refractivity contribution in [2.45, 2.75) is 70.2 Å². The molecule has 6 nitrogen and oxygen atoms in total. The van der Waals surface area contributed by atoms with E-state index in [9.17, 15) is 0 Å². The number of likely N-dealkylation sites (tertiary alicyclic amines) is 1. The number of hydrogen-bond donors (Lipinski definition) is 1. The second-order valence-corrected chi connectivity index (χ2v) is 11.1. The van der Waals surface area contributed by atoms with Gasteiger partial charge >= 0.3 is 0 Å². The predicted octanol–water partition coefficient (Wildman–Crippen LogP) is 4.78. The van der Waals surface area contributed by atoms with E-state index in [-0.39, 0.29) is 5.60 Å². The number of hydrogen-bond acceptors (Lipinski definition) is 6. The van der Waals surface area contributed by atoms with Crippen LogP contribution >= 0.6 is 22.9 Å². The predicted molar refractivity (Wildman–Crippen MR) is 124 cm³/mol. The van der Waals surface area contributed by atoms with Gasteiger partial charge in [0.1, 0.15) is 11.1 Å². The van der Waals surface area contributed by atoms with Crippen LogP contribution in [0, 0.1) is 6.92 Å². The molecule has 3 aliphatic rings. The van der Waals surface area contributed by atoms with E-state index >= 15 is 0 Å². The first kappa shape index (κ1) is 20.0. The van der Waals surface area contributed by atoms with Crippen molar-refractivity contribution in [1.29, 1.82) is 0 Å². The number of nitrogens with one attached hydrogen (secondary N) is 1. The summed E-state index contributed by atoms with van der Waals surface area (Å²) in [5, 5.41) is 8.45. The molecule has 2 aliphatic heterocycles. The Morgan fingerprint density at radius 2 is 2.23 bits per heavy atom. The quantitative estimate of drug-likeness (QED) is 0.611. The van der Waals surface area contributed by atoms with Gasteiger partial charge in [0, 0.05) is 30.1 Å². The monoisotopic (exact) mass is 457 g/mol. The van der Waals surface area contributed by atoms with E-state index in [2.05, 4.69) is 29.3 Å². The van der Waals surface area contributed by atoms with Crippen LogP contribution < -0.4 is 5.32 Å². The summed E-state index contributed by atoms with van der Waals surface area (Å²) in [5.74, 6) is 0.963. The van der Waals surface area contributed by atoms with Crippen molar-refractivity contribution in [1.82, 2.24) is 19.5 Å². The van der Waals surface area contributed by atoms with Crippen molar-refractivity contribution in [2.75, 3.05) is 18.5 Å². The molecule has 0 bridgehead atoms. The molecule has 1 spiro atoms. The first-order chi connectivity index (χ1) is 15.0. The van der Waals surface area contributed by atoms with Crippen molar-refractivity contribution in [2.24, 2.45) is 0 Å². The summed E-state index contributed by atoms with van der Waals surface area (Å²) < 4.78 is 9.30. The molecule has 1 N–H and O–H groups in total. The standard InChI is InChI=1S/C23H28ClN5OS/c1-14-12-29-19(22(25-14)26-17-3-4-17)10-18(27-29)13-28-7-6-23(11-15(28)2)21-16(5-8-30-23)9-20(24)31-21/h9-10,12,15,17H,3-8,11,13H2,1-2H3,(H,25,26)/t15-,23+/m0/s1. The van der Waals surface area contributed by atoms with E-state index in [4.69, 9.17) is 26.4 Å². The van der Waals surface area contributed by atoms with Gasteiger partial charge in [-0.25, -0.2) is 9.50 Å². The Morgan fingerprint density at radius 3 is 3.03 bits per heavy atom. The van der Waals surface area contributed by atoms with E-state index in [0.717, 1.165) is 66.0 Å². The number of thiophene rings is 1. The topological polar surface area (TPSA) is 54.7 Å². The molecule has 3 aromatic rings. The van der Waals surface area contributed by atoms with E-state index in [1.165, 1.54) is 23.3 Å². The number of aryl methyl sites for hydroxylation is 1. The highest BCUT2D eigenvalue weighted by molar-refractivity contribution is 7.16. The maximum absolute atomic E-state index is 6.42. The van der Waals surface area contributed by atoms with E-state index in [1.54, 1.807) is 11.3 Å². The Balaban J connectivity index is 1.22. The Hall–Kier alpha value is -1.67. The minimum atomic E-state index is -0.164. The third kappa shape index (κ3) is 3.65. The van der Waals surface area contributed by atoms with Gasteiger partial charge in [0.15, 0.2) is 5.82 Å². The maximum Gasteiger partial charge on any atom is 0.152 e. The summed E-state index contributed by atoms with van der Waals surface area (Å²) in [6.07, 6.45) is 7.46. The molecular formula is C23H28ClN5OS. The van der Waals surface area contributed by atoms with Crippen molar-refractivity contribution >= 4 is 34.3 Å². The van der Waals surface area contributed by atoms with Gasteiger partial charge in [0.25, 0.3) is 0 Å². The molecule has 2 fully saturated rings. The third-order valence-corrected chi connectivity index (χ3v) is 8.40. The molecule has 0 unspecified atom stereocenters. The number of anilines is 1. The molecule has 8 heteroatoms. The van der Waals surface area contributed by atoms with Gasteiger partial charge in [-0.05, 0) is 63.6 Å². The van der Waals surface area contributed by atoms with Gasteiger partial charge in [-0.15, -0.1) is 11.3 Å². The van der Waals surface area contributed by atoms with Crippen LogP contribution in [-0.2, 0) is 23.3 Å². The molecular weight excluding hydrogens is 430 g/mol. The average Bonchev–Trinajstić information content (AvgIpc) is 3.30. The van der Waals surface area contributed by atoms with E-state index in [0.29, 0.717) is 12.1 Å². The van der Waals surface area contributed by atoms with Crippen LogP contribution in [0.15, 0.2) is 18.3 Å². The number of aromatic nitrogens is 3. The third-order valence-electron chi connectivity index (χ3n) is 6.90. The Labute approximate surface area is 191 Å². The summed E-state index contributed by atoms with van der Waals surface area (Å²) in [5.41, 5.74) is 4.38. The number of halogens is 1. The minimum absolute atomic E-state index is 0.164. The first-order valence-corrected chi connectivity index (χ1v) is 12.5. The fraction of sp³-hybridized carbons (Fsp3) is 0.565. The van der Waals surface area contributed by atoms with Crippen LogP contribution in [0.3, 0.4) is 0 Å². The van der Waals surface area contributed by atoms with Crippen molar-refractivity contribution in [3.8, 4) is 0 Å². The van der Waals surface area contributed by atoms with E-state index < -0.39 is 0 Å². The van der Waals surface area contributed by atoms with Crippen LogP contribution in [0.25, 0.3) is 5.52 Å². The molecule has 3 aromatic heterocycles. The first-order valence-electron chi connectivity index (χ1n) is 11.3. The number of fused-ring (bicyclic) bond motifs is 3. The molecule has 31 heavy (non-hydrogen) atoms. The molecule has 164 valence electrons. The molecule has 6 rings (SSSR count). The van der Waals surface area contributed by atoms with Crippen LogP contribution in [-0.4, -0.2) is 44.7 Å². The summed E-state index contributed by atoms with van der Waals surface area (Å²) in [6.45, 7) is 6.98. The lowest BCUT2D eigenvalue weighted by molar-refractivity contribution is -0.110. The lowest BCUT2D eigenvalue weighted by atomic mass is 9.82. The molecule has 1 saturated carbocycles. The normalized spacial score (nSPS) is 26.5. The highest BCUT2D eigenvalue weighted by Gasteiger charge is 2.44. The minimum Gasteiger partial charge on any atom is -0.369 e. The molecule has 1 saturated heterocycles. The molecule has 0 amide bonds. The largest absolute Gasteiger partial charge is 0.369 e. The second-order valence-electron chi connectivity index (χ2n) is 9.39. The summed E-state index contributed by atoms with van der Waals surface area (Å²) in [7, 11) is 0. The van der Waals surface area contributed by atoms with Crippen molar-refractivity contribution < 1.29 is 4.74 Å². The number of nitrogens with zero attached hydrogens (tertiary/aromatic N) is 4. The fourth-order valence-corrected chi connectivity index (χ4v) is 6.67. The van der Waals surface area contributed by atoms with Crippen LogP contribution in [0.5, 0.6) is 0 Å². The zero-order valence-corrected chi connectivity index (χ0v) is 19.6. The summed E-state index contributed by atoms with van der Waals surface area (Å²) in [6, 6.07) is 5.32. The molecule has 0 radical (unpaired) electrons. The molecule has 0 aromatic carbocycles. The highest BCUT2D eigenvalue weighted by atomic mass is 35.5. The van der Waals surface area contributed by atoms with Crippen LogP contribution in [0.2, 0.25) is 4.34 Å². The highest BCUT2D eigenvalue weighted by Crippen LogP contribution is 2.48. The second kappa shape index (κ2) is 7.44. The van der Waals surface area contributed by atoms with Crippen molar-refractivity contribution in [3.05, 3.63) is 44.5 Å². The van der Waals surface area contributed by atoms with Crippen molar-refractivity contribution in [3.63, 3.8) is 0 Å². The zero-order chi connectivity index (χ0) is 21.2. The fourth-order valence-electron chi connectivity index (χ4n) is 5.19. The van der Waals surface area contributed by atoms with Gasteiger partial charge in [-0.1, -0.05) is 11.6 Å². The number of ether oxygens (including phenoxy) is 1. The van der Waals surface area contributed by atoms with Crippen LogP contribution in [0.4, 0.5) is 5.82 Å². The summed E-state index contributed by atoms with van der Waals surface area (Å²) >= 11 is 8.07. The smallest absolute Gasteiger partial charge is 0.152 e. The van der Waals surface area contributed by atoms with Gasteiger partial charge in [-0.3, -0.25) is 4.90 Å². The average molecular weight is 458 g/mol. The van der Waals surface area contributed by atoms with Gasteiger partial charge < -0.3 is 10.1 Å². The lowest BCUT2D eigenvalue weighted by Crippen LogP contribution is -2.50. The lowest BCUT2D eigenvalue weighted by Gasteiger charge is -2.46. The van der Waals surface area contributed by atoms with Crippen LogP contribution in [0.1, 0.15) is 54.4 Å².